The van der Waals surface area contributed by atoms with Crippen molar-refractivity contribution in [2.75, 3.05) is 13.1 Å². The second-order valence-electron chi connectivity index (χ2n) is 6.41. The van der Waals surface area contributed by atoms with Gasteiger partial charge in [0.05, 0.1) is 5.69 Å². The van der Waals surface area contributed by atoms with Crippen LogP contribution in [0.1, 0.15) is 46.2 Å². The molecule has 1 fully saturated rings. The number of aryl methyl sites for hydroxylation is 1. The van der Waals surface area contributed by atoms with Crippen LogP contribution in [0.5, 0.6) is 0 Å². The first-order valence-corrected chi connectivity index (χ1v) is 7.26. The van der Waals surface area contributed by atoms with Gasteiger partial charge < -0.3 is 5.32 Å². The predicted molar refractivity (Wildman–Crippen MR) is 76.8 cm³/mol. The Morgan fingerprint density at radius 3 is 2.53 bits per heavy atom. The maximum Gasteiger partial charge on any atom is 0.0967 e. The van der Waals surface area contributed by atoms with Gasteiger partial charge in [0.25, 0.3) is 0 Å². The fourth-order valence-electron chi connectivity index (χ4n) is 3.05. The van der Waals surface area contributed by atoms with Crippen LogP contribution in [0.3, 0.4) is 0 Å². The quantitative estimate of drug-likeness (QED) is 0.897. The van der Waals surface area contributed by atoms with Crippen molar-refractivity contribution in [1.82, 2.24) is 25.2 Å². The third kappa shape index (κ3) is 2.98. The Balaban J connectivity index is 2.20. The summed E-state index contributed by atoms with van der Waals surface area (Å²) in [5, 5.41) is 12.0. The molecule has 108 valence electrons. The van der Waals surface area contributed by atoms with Gasteiger partial charge >= 0.3 is 0 Å². The van der Waals surface area contributed by atoms with E-state index in [2.05, 4.69) is 48.2 Å². The predicted octanol–water partition coefficient (Wildman–Crippen LogP) is 1.56. The van der Waals surface area contributed by atoms with E-state index in [0.29, 0.717) is 0 Å². The van der Waals surface area contributed by atoms with Crippen LogP contribution < -0.4 is 5.32 Å². The van der Waals surface area contributed by atoms with Crippen LogP contribution in [0.15, 0.2) is 6.20 Å². The number of nitrogens with one attached hydrogen (secondary N) is 1. The van der Waals surface area contributed by atoms with Crippen LogP contribution in [0.2, 0.25) is 0 Å². The molecule has 1 aliphatic heterocycles. The van der Waals surface area contributed by atoms with E-state index in [1.165, 1.54) is 0 Å². The van der Waals surface area contributed by atoms with Crippen molar-refractivity contribution in [2.45, 2.75) is 58.2 Å². The van der Waals surface area contributed by atoms with E-state index in [1.54, 1.807) is 4.68 Å². The fourth-order valence-corrected chi connectivity index (χ4v) is 3.05. The lowest BCUT2D eigenvalue weighted by Gasteiger charge is -2.52. The maximum absolute atomic E-state index is 4.24. The highest BCUT2D eigenvalue weighted by Gasteiger charge is 2.41. The lowest BCUT2D eigenvalue weighted by atomic mass is 9.84. The van der Waals surface area contributed by atoms with Crippen molar-refractivity contribution in [3.63, 3.8) is 0 Å². The number of rotatable bonds is 4. The van der Waals surface area contributed by atoms with Crippen LogP contribution in [-0.4, -0.2) is 44.1 Å². The Labute approximate surface area is 116 Å². The summed E-state index contributed by atoms with van der Waals surface area (Å²) in [4.78, 5) is 2.59. The zero-order chi connectivity index (χ0) is 14.1. The minimum absolute atomic E-state index is 0.163. The van der Waals surface area contributed by atoms with Gasteiger partial charge in [-0.3, -0.25) is 9.58 Å². The Hall–Kier alpha value is -0.940. The normalized spacial score (nSPS) is 22.6. The average molecular weight is 265 g/mol. The second kappa shape index (κ2) is 5.21. The van der Waals surface area contributed by atoms with E-state index in [9.17, 15) is 0 Å². The first-order chi connectivity index (χ1) is 8.91. The molecular weight excluding hydrogens is 238 g/mol. The standard InChI is InChI=1S/C14H27N5/c1-6-14(7-2)10-15-13(3,4)11-19(14)9-12-8-18(5)17-16-12/h8,15H,6-7,9-11H2,1-5H3. The highest BCUT2D eigenvalue weighted by atomic mass is 15.4. The molecule has 1 aliphatic rings. The molecule has 2 heterocycles. The van der Waals surface area contributed by atoms with Gasteiger partial charge in [-0.1, -0.05) is 19.1 Å². The first-order valence-electron chi connectivity index (χ1n) is 7.26. The molecular formula is C14H27N5. The van der Waals surface area contributed by atoms with Crippen LogP contribution in [0.25, 0.3) is 0 Å². The Morgan fingerprint density at radius 2 is 2.00 bits per heavy atom. The molecule has 0 amide bonds. The smallest absolute Gasteiger partial charge is 0.0967 e. The second-order valence-corrected chi connectivity index (χ2v) is 6.41. The first kappa shape index (κ1) is 14.5. The monoisotopic (exact) mass is 265 g/mol. The molecule has 0 radical (unpaired) electrons. The van der Waals surface area contributed by atoms with Crippen molar-refractivity contribution in [3.05, 3.63) is 11.9 Å². The van der Waals surface area contributed by atoms with Gasteiger partial charge in [0, 0.05) is 44.0 Å². The van der Waals surface area contributed by atoms with Gasteiger partial charge in [-0.2, -0.15) is 0 Å². The van der Waals surface area contributed by atoms with E-state index in [-0.39, 0.29) is 11.1 Å². The number of aromatic nitrogens is 3. The summed E-state index contributed by atoms with van der Waals surface area (Å²) >= 11 is 0. The van der Waals surface area contributed by atoms with Crippen LogP contribution in [0.4, 0.5) is 0 Å². The molecule has 1 saturated heterocycles. The van der Waals surface area contributed by atoms with E-state index in [1.807, 2.05) is 13.2 Å². The van der Waals surface area contributed by atoms with Gasteiger partial charge in [-0.25, -0.2) is 0 Å². The summed E-state index contributed by atoms with van der Waals surface area (Å²) in [5.41, 5.74) is 1.47. The van der Waals surface area contributed by atoms with E-state index in [4.69, 9.17) is 0 Å². The van der Waals surface area contributed by atoms with Crippen molar-refractivity contribution in [1.29, 1.82) is 0 Å². The largest absolute Gasteiger partial charge is 0.309 e. The van der Waals surface area contributed by atoms with Crippen molar-refractivity contribution in [2.24, 2.45) is 7.05 Å². The molecule has 19 heavy (non-hydrogen) atoms. The summed E-state index contributed by atoms with van der Waals surface area (Å²) in [6.45, 7) is 12.1. The van der Waals surface area contributed by atoms with Gasteiger partial charge in [0.15, 0.2) is 0 Å². The van der Waals surface area contributed by atoms with E-state index >= 15 is 0 Å². The molecule has 0 aliphatic carbocycles. The molecule has 0 bridgehead atoms. The molecule has 1 aromatic rings. The highest BCUT2D eigenvalue weighted by molar-refractivity contribution is 5.04. The van der Waals surface area contributed by atoms with Crippen molar-refractivity contribution in [3.8, 4) is 0 Å². The maximum atomic E-state index is 4.24. The van der Waals surface area contributed by atoms with Crippen molar-refractivity contribution >= 4 is 0 Å². The number of hydrogen-bond donors (Lipinski definition) is 1. The minimum atomic E-state index is 0.163. The summed E-state index contributed by atoms with van der Waals surface area (Å²) in [7, 11) is 1.92. The zero-order valence-corrected chi connectivity index (χ0v) is 12.9. The lowest BCUT2D eigenvalue weighted by molar-refractivity contribution is 0.00144. The van der Waals surface area contributed by atoms with E-state index < -0.39 is 0 Å². The summed E-state index contributed by atoms with van der Waals surface area (Å²) in [6.07, 6.45) is 4.34. The average Bonchev–Trinajstić information content (AvgIpc) is 2.75. The molecule has 2 rings (SSSR count). The van der Waals surface area contributed by atoms with Crippen LogP contribution >= 0.6 is 0 Å². The molecule has 5 heteroatoms. The Morgan fingerprint density at radius 1 is 1.32 bits per heavy atom. The number of hydrogen-bond acceptors (Lipinski definition) is 4. The molecule has 0 spiro atoms. The number of nitrogens with zero attached hydrogens (tertiary/aromatic N) is 4. The molecule has 0 aromatic carbocycles. The summed E-state index contributed by atoms with van der Waals surface area (Å²) < 4.78 is 1.78. The minimum Gasteiger partial charge on any atom is -0.309 e. The van der Waals surface area contributed by atoms with Crippen molar-refractivity contribution < 1.29 is 0 Å². The SMILES string of the molecule is CCC1(CC)CNC(C)(C)CN1Cc1cn(C)nn1. The van der Waals surface area contributed by atoms with E-state index in [0.717, 1.165) is 38.2 Å². The van der Waals surface area contributed by atoms with Gasteiger partial charge in [-0.15, -0.1) is 5.10 Å². The third-order valence-electron chi connectivity index (χ3n) is 4.47. The zero-order valence-electron chi connectivity index (χ0n) is 12.9. The van der Waals surface area contributed by atoms with Gasteiger partial charge in [0.1, 0.15) is 0 Å². The molecule has 0 unspecified atom stereocenters. The van der Waals surface area contributed by atoms with Gasteiger partial charge in [-0.05, 0) is 26.7 Å². The highest BCUT2D eigenvalue weighted by Crippen LogP contribution is 2.31. The summed E-state index contributed by atoms with van der Waals surface area (Å²) in [6, 6.07) is 0. The molecule has 0 atom stereocenters. The molecule has 5 nitrogen and oxygen atoms in total. The topological polar surface area (TPSA) is 46.0 Å². The third-order valence-corrected chi connectivity index (χ3v) is 4.47. The van der Waals surface area contributed by atoms with Crippen LogP contribution in [-0.2, 0) is 13.6 Å². The molecule has 1 N–H and O–H groups in total. The Kier molecular flexibility index (Phi) is 3.97. The summed E-state index contributed by atoms with van der Waals surface area (Å²) in [5.74, 6) is 0. The molecule has 0 saturated carbocycles. The van der Waals surface area contributed by atoms with Gasteiger partial charge in [0.2, 0.25) is 0 Å². The van der Waals surface area contributed by atoms with Crippen LogP contribution in [0, 0.1) is 0 Å². The molecule has 1 aromatic heterocycles. The lowest BCUT2D eigenvalue weighted by Crippen LogP contribution is -2.67. The number of piperazine rings is 1. The fraction of sp³-hybridized carbons (Fsp3) is 0.857. The Bertz CT molecular complexity index is 419.